The van der Waals surface area contributed by atoms with Crippen LogP contribution >= 0.6 is 0 Å². The van der Waals surface area contributed by atoms with Crippen LogP contribution in [0.4, 0.5) is 0 Å². The number of hydrogen-bond acceptors (Lipinski definition) is 1. The van der Waals surface area contributed by atoms with Gasteiger partial charge in [0.15, 0.2) is 0 Å². The molecule has 1 nitrogen and oxygen atoms in total. The summed E-state index contributed by atoms with van der Waals surface area (Å²) in [5.41, 5.74) is 1.84. The first kappa shape index (κ1) is 14.6. The molecule has 0 bridgehead atoms. The van der Waals surface area contributed by atoms with Crippen molar-refractivity contribution in [3.8, 4) is 0 Å². The van der Waals surface area contributed by atoms with Gasteiger partial charge in [0.25, 0.3) is 0 Å². The Bertz CT molecular complexity index is 365. The molecule has 0 spiro atoms. The Morgan fingerprint density at radius 1 is 1.06 bits per heavy atom. The predicted molar refractivity (Wildman–Crippen MR) is 63.8 cm³/mol. The molecule has 2 heteroatoms. The van der Waals surface area contributed by atoms with Crippen molar-refractivity contribution in [2.45, 2.75) is 6.92 Å². The summed E-state index contributed by atoms with van der Waals surface area (Å²) in [6.45, 7) is 1.79. The average Bonchev–Trinajstić information content (AvgIpc) is 2.92. The zero-order chi connectivity index (χ0) is 10.9. The molecule has 0 aliphatic carbocycles. The maximum absolute atomic E-state index is 10.2. The Morgan fingerprint density at radius 2 is 1.50 bits per heavy atom. The summed E-state index contributed by atoms with van der Waals surface area (Å²) >= 11 is 0. The summed E-state index contributed by atoms with van der Waals surface area (Å²) in [5.74, 6) is 0. The van der Waals surface area contributed by atoms with Gasteiger partial charge >= 0.3 is 0 Å². The fraction of sp³-hybridized carbons (Fsp3) is 0.0714. The van der Waals surface area contributed by atoms with Gasteiger partial charge in [-0.15, -0.1) is 23.8 Å². The van der Waals surface area contributed by atoms with Crippen molar-refractivity contribution in [3.63, 3.8) is 0 Å². The van der Waals surface area contributed by atoms with Gasteiger partial charge < -0.3 is 35.1 Å². The third kappa shape index (κ3) is 6.18. The van der Waals surface area contributed by atoms with Crippen LogP contribution in [0.1, 0.15) is 12.5 Å². The second kappa shape index (κ2) is 8.90. The molecule has 0 N–H and O–H groups in total. The van der Waals surface area contributed by atoms with Crippen LogP contribution in [-0.4, -0.2) is 6.29 Å². The molecule has 0 aromatic heterocycles. The predicted octanol–water partition coefficient (Wildman–Crippen LogP) is 3.41. The zero-order valence-corrected chi connectivity index (χ0v) is 10.2. The molecule has 2 aromatic rings. The summed E-state index contributed by atoms with van der Waals surface area (Å²) in [6.07, 6.45) is 2.71. The van der Waals surface area contributed by atoms with Crippen LogP contribution in [0.5, 0.6) is 0 Å². The van der Waals surface area contributed by atoms with Crippen LogP contribution in [0.3, 0.4) is 0 Å². The summed E-state index contributed by atoms with van der Waals surface area (Å²) in [4.78, 5) is 10.2. The third-order valence-corrected chi connectivity index (χ3v) is 1.82. The van der Waals surface area contributed by atoms with Crippen molar-refractivity contribution in [1.29, 1.82) is 0 Å². The van der Waals surface area contributed by atoms with Gasteiger partial charge in [0.1, 0.15) is 6.29 Å². The molecule has 0 unspecified atom stereocenters. The first-order valence-electron chi connectivity index (χ1n) is 4.85. The van der Waals surface area contributed by atoms with E-state index in [-0.39, 0.29) is 17.1 Å². The molecular weight excluding hydrogens is 240 g/mol. The second-order valence-corrected chi connectivity index (χ2v) is 3.19. The Kier molecular flexibility index (Phi) is 8.14. The van der Waals surface area contributed by atoms with Crippen molar-refractivity contribution >= 4 is 12.4 Å². The minimum Gasteiger partial charge on any atom is -0.748 e. The van der Waals surface area contributed by atoms with Crippen molar-refractivity contribution in [3.05, 3.63) is 65.7 Å². The van der Waals surface area contributed by atoms with E-state index in [0.717, 1.165) is 17.4 Å². The van der Waals surface area contributed by atoms with E-state index in [9.17, 15) is 4.79 Å². The number of allylic oxidation sites excluding steroid dienone is 1. The van der Waals surface area contributed by atoms with Gasteiger partial charge in [-0.2, -0.15) is 12.1 Å². The van der Waals surface area contributed by atoms with E-state index in [0.29, 0.717) is 0 Å². The maximum Gasteiger partial charge on any atom is 0.105 e. The molecule has 0 fully saturated rings. The van der Waals surface area contributed by atoms with Gasteiger partial charge in [-0.25, -0.2) is 0 Å². The van der Waals surface area contributed by atoms with Crippen LogP contribution in [0.2, 0.25) is 0 Å². The summed E-state index contributed by atoms with van der Waals surface area (Å²) in [5, 5.41) is 0. The molecule has 0 aliphatic rings. The van der Waals surface area contributed by atoms with Crippen LogP contribution in [0.15, 0.2) is 60.2 Å². The van der Waals surface area contributed by atoms with Gasteiger partial charge in [-0.1, -0.05) is 12.5 Å². The van der Waals surface area contributed by atoms with Crippen LogP contribution in [0.25, 0.3) is 6.08 Å². The monoisotopic (exact) mass is 254 g/mol. The van der Waals surface area contributed by atoms with E-state index < -0.39 is 0 Å². The molecule has 0 saturated carbocycles. The standard InChI is InChI=1S/C9H9O.C5H5.Fe/c1-8(7-10)6-9-4-2-3-5-9;1-2-4-5-3-1;/h2-7H,1H3;1-5H;/q-1;-5;. The summed E-state index contributed by atoms with van der Waals surface area (Å²) < 4.78 is 0. The number of carbonyl (C=O) groups is 1. The van der Waals surface area contributed by atoms with E-state index in [4.69, 9.17) is 0 Å². The second-order valence-electron chi connectivity index (χ2n) is 3.19. The summed E-state index contributed by atoms with van der Waals surface area (Å²) in [7, 11) is 0. The quantitative estimate of drug-likeness (QED) is 0.347. The van der Waals surface area contributed by atoms with E-state index in [2.05, 4.69) is 0 Å². The van der Waals surface area contributed by atoms with Crippen LogP contribution in [0, 0.1) is 0 Å². The van der Waals surface area contributed by atoms with Gasteiger partial charge in [0.2, 0.25) is 0 Å². The molecule has 0 radical (unpaired) electrons. The normalized spacial score (nSPS) is 9.69. The van der Waals surface area contributed by atoms with Crippen molar-refractivity contribution in [2.24, 2.45) is 0 Å². The topological polar surface area (TPSA) is 17.1 Å². The largest absolute Gasteiger partial charge is 0.748 e. The van der Waals surface area contributed by atoms with E-state index in [1.165, 1.54) is 0 Å². The molecular formula is C14H14FeO-6. The zero-order valence-electron chi connectivity index (χ0n) is 9.11. The SMILES string of the molecule is CC(C=O)=C[c-]1cccc1.[Fe].[cH-]1[cH-][cH-][cH-][cH-]1. The van der Waals surface area contributed by atoms with E-state index in [1.54, 1.807) is 6.92 Å². The Labute approximate surface area is 107 Å². The van der Waals surface area contributed by atoms with Crippen molar-refractivity contribution in [2.75, 3.05) is 0 Å². The third-order valence-electron chi connectivity index (χ3n) is 1.82. The van der Waals surface area contributed by atoms with Crippen molar-refractivity contribution < 1.29 is 21.9 Å². The molecule has 0 atom stereocenters. The smallest absolute Gasteiger partial charge is 0.105 e. The van der Waals surface area contributed by atoms with Crippen molar-refractivity contribution in [1.82, 2.24) is 0 Å². The van der Waals surface area contributed by atoms with Crippen LogP contribution in [-0.2, 0) is 21.9 Å². The number of hydrogen-bond donors (Lipinski definition) is 0. The number of carbonyl (C=O) groups excluding carboxylic acids is 1. The molecule has 2 rings (SSSR count). The van der Waals surface area contributed by atoms with Gasteiger partial charge in [0.05, 0.1) is 0 Å². The Balaban J connectivity index is 0.000000318. The number of rotatable bonds is 2. The molecule has 0 saturated heterocycles. The first-order chi connectivity index (χ1) is 7.33. The molecule has 90 valence electrons. The average molecular weight is 254 g/mol. The maximum atomic E-state index is 10.2. The van der Waals surface area contributed by atoms with Gasteiger partial charge in [-0.05, 0) is 0 Å². The molecule has 0 aliphatic heterocycles. The van der Waals surface area contributed by atoms with E-state index in [1.807, 2.05) is 60.7 Å². The van der Waals surface area contributed by atoms with Gasteiger partial charge in [-0.3, -0.25) is 0 Å². The molecule has 16 heavy (non-hydrogen) atoms. The van der Waals surface area contributed by atoms with Gasteiger partial charge in [0, 0.05) is 17.1 Å². The molecule has 2 aromatic carbocycles. The fourth-order valence-corrected chi connectivity index (χ4v) is 1.10. The fourth-order valence-electron chi connectivity index (χ4n) is 1.10. The molecule has 0 heterocycles. The summed E-state index contributed by atoms with van der Waals surface area (Å²) in [6, 6.07) is 17.8. The Hall–Kier alpha value is -1.37. The minimum atomic E-state index is 0. The van der Waals surface area contributed by atoms with E-state index >= 15 is 0 Å². The molecule has 0 amide bonds. The first-order valence-corrected chi connectivity index (χ1v) is 4.85. The number of aldehydes is 1. The Morgan fingerprint density at radius 3 is 1.88 bits per heavy atom. The minimum absolute atomic E-state index is 0. The van der Waals surface area contributed by atoms with Crippen LogP contribution < -0.4 is 0 Å².